The van der Waals surface area contributed by atoms with Crippen LogP contribution in [0.5, 0.6) is 0 Å². The van der Waals surface area contributed by atoms with E-state index in [1.54, 1.807) is 0 Å². The van der Waals surface area contributed by atoms with Crippen molar-refractivity contribution in [3.05, 3.63) is 111 Å². The van der Waals surface area contributed by atoms with Crippen LogP contribution in [0.1, 0.15) is 0 Å². The molecular formula is C24H17BrIN. The first kappa shape index (κ1) is 18.3. The Morgan fingerprint density at radius 3 is 1.85 bits per heavy atom. The lowest BCUT2D eigenvalue weighted by Crippen LogP contribution is -1.92. The Bertz CT molecular complexity index is 1180. The first-order valence-electron chi connectivity index (χ1n) is 8.69. The van der Waals surface area contributed by atoms with Crippen LogP contribution in [0.15, 0.2) is 108 Å². The number of aromatic nitrogens is 1. The van der Waals surface area contributed by atoms with Crippen LogP contribution in [0.25, 0.3) is 27.5 Å². The first-order valence-corrected chi connectivity index (χ1v) is 10.6. The number of benzene rings is 4. The van der Waals surface area contributed by atoms with Gasteiger partial charge in [0.2, 0.25) is 0 Å². The summed E-state index contributed by atoms with van der Waals surface area (Å²) in [5.41, 5.74) is 3.66. The van der Waals surface area contributed by atoms with Crippen molar-refractivity contribution in [2.24, 2.45) is 0 Å². The van der Waals surface area contributed by atoms with E-state index in [4.69, 9.17) is 0 Å². The van der Waals surface area contributed by atoms with Gasteiger partial charge in [-0.25, -0.2) is 0 Å². The fourth-order valence-corrected chi connectivity index (χ4v) is 3.98. The molecule has 0 spiro atoms. The van der Waals surface area contributed by atoms with Gasteiger partial charge in [0.25, 0.3) is 0 Å². The standard InChI is InChI=1S/C18H12BrN.C6H5I/c19-13-10-11-16-15-8-4-5-9-17(15)20(18(16)12-13)14-6-2-1-3-7-14;7-6-4-2-1-3-5-6/h1-12H;1-5H. The minimum Gasteiger partial charge on any atom is -0.309 e. The molecule has 5 rings (SSSR count). The molecule has 0 saturated heterocycles. The zero-order chi connectivity index (χ0) is 18.6. The van der Waals surface area contributed by atoms with Gasteiger partial charge in [0.05, 0.1) is 11.0 Å². The molecule has 1 heterocycles. The molecule has 0 amide bonds. The maximum absolute atomic E-state index is 3.58. The molecule has 0 radical (unpaired) electrons. The van der Waals surface area contributed by atoms with Crippen LogP contribution in [-0.2, 0) is 0 Å². The highest BCUT2D eigenvalue weighted by Gasteiger charge is 2.11. The molecule has 5 aromatic rings. The third-order valence-corrected chi connectivity index (χ3v) is 5.60. The summed E-state index contributed by atoms with van der Waals surface area (Å²) in [5, 5.41) is 2.58. The number of rotatable bonds is 1. The molecule has 132 valence electrons. The van der Waals surface area contributed by atoms with Crippen LogP contribution in [0.3, 0.4) is 0 Å². The smallest absolute Gasteiger partial charge is 0.0552 e. The molecule has 0 bridgehead atoms. The van der Waals surface area contributed by atoms with Crippen molar-refractivity contribution in [1.82, 2.24) is 4.57 Å². The maximum atomic E-state index is 3.58. The van der Waals surface area contributed by atoms with Gasteiger partial charge in [-0.05, 0) is 65.1 Å². The van der Waals surface area contributed by atoms with Gasteiger partial charge in [-0.2, -0.15) is 0 Å². The number of halogens is 2. The predicted molar refractivity (Wildman–Crippen MR) is 128 cm³/mol. The van der Waals surface area contributed by atoms with E-state index in [0.717, 1.165) is 4.47 Å². The Morgan fingerprint density at radius 1 is 0.593 bits per heavy atom. The van der Waals surface area contributed by atoms with Crippen LogP contribution >= 0.6 is 38.5 Å². The number of nitrogens with zero attached hydrogens (tertiary/aromatic N) is 1. The predicted octanol–water partition coefficient (Wildman–Crippen LogP) is 7.84. The summed E-state index contributed by atoms with van der Waals surface area (Å²) in [6, 6.07) is 35.7. The highest BCUT2D eigenvalue weighted by molar-refractivity contribution is 14.1. The highest BCUT2D eigenvalue weighted by Crippen LogP contribution is 2.33. The molecule has 0 unspecified atom stereocenters. The summed E-state index contributed by atoms with van der Waals surface area (Å²) in [5.74, 6) is 0. The van der Waals surface area contributed by atoms with Gasteiger partial charge >= 0.3 is 0 Å². The fourth-order valence-electron chi connectivity index (χ4n) is 3.21. The second-order valence-corrected chi connectivity index (χ2v) is 8.31. The van der Waals surface area contributed by atoms with E-state index < -0.39 is 0 Å². The summed E-state index contributed by atoms with van der Waals surface area (Å²) < 4.78 is 4.71. The van der Waals surface area contributed by atoms with Crippen molar-refractivity contribution in [3.8, 4) is 5.69 Å². The lowest BCUT2D eigenvalue weighted by atomic mass is 10.2. The van der Waals surface area contributed by atoms with Gasteiger partial charge in [0.15, 0.2) is 0 Å². The molecule has 0 N–H and O–H groups in total. The number of fused-ring (bicyclic) bond motifs is 3. The molecule has 0 atom stereocenters. The van der Waals surface area contributed by atoms with Crippen LogP contribution in [0.4, 0.5) is 0 Å². The van der Waals surface area contributed by atoms with Crippen LogP contribution < -0.4 is 0 Å². The highest BCUT2D eigenvalue weighted by atomic mass is 127. The molecule has 4 aromatic carbocycles. The second kappa shape index (κ2) is 8.28. The van der Waals surface area contributed by atoms with E-state index in [9.17, 15) is 0 Å². The van der Waals surface area contributed by atoms with Crippen LogP contribution in [-0.4, -0.2) is 4.57 Å². The van der Waals surface area contributed by atoms with Crippen LogP contribution in [0.2, 0.25) is 0 Å². The van der Waals surface area contributed by atoms with Gasteiger partial charge < -0.3 is 4.57 Å². The monoisotopic (exact) mass is 525 g/mol. The first-order chi connectivity index (χ1) is 13.2. The quantitative estimate of drug-likeness (QED) is 0.196. The third-order valence-electron chi connectivity index (χ3n) is 4.38. The Balaban J connectivity index is 0.000000218. The third kappa shape index (κ3) is 3.94. The van der Waals surface area contributed by atoms with E-state index in [1.165, 1.54) is 31.1 Å². The zero-order valence-electron chi connectivity index (χ0n) is 14.5. The van der Waals surface area contributed by atoms with Crippen molar-refractivity contribution >= 4 is 60.3 Å². The fraction of sp³-hybridized carbons (Fsp3) is 0. The SMILES string of the molecule is Brc1ccc2c3ccccc3n(-c3ccccc3)c2c1.Ic1ccccc1. The van der Waals surface area contributed by atoms with Crippen molar-refractivity contribution in [3.63, 3.8) is 0 Å². The van der Waals surface area contributed by atoms with Crippen molar-refractivity contribution in [2.45, 2.75) is 0 Å². The van der Waals surface area contributed by atoms with E-state index in [2.05, 4.69) is 122 Å². The van der Waals surface area contributed by atoms with Gasteiger partial charge in [-0.15, -0.1) is 0 Å². The molecule has 3 heteroatoms. The summed E-state index contributed by atoms with van der Waals surface area (Å²) in [6.07, 6.45) is 0. The van der Waals surface area contributed by atoms with Crippen LogP contribution in [0, 0.1) is 3.57 Å². The van der Waals surface area contributed by atoms with E-state index >= 15 is 0 Å². The molecule has 1 aromatic heterocycles. The number of hydrogen-bond acceptors (Lipinski definition) is 0. The molecule has 0 aliphatic heterocycles. The Labute approximate surface area is 180 Å². The lowest BCUT2D eigenvalue weighted by Gasteiger charge is -2.07. The largest absolute Gasteiger partial charge is 0.309 e. The molecule has 0 aliphatic rings. The molecule has 0 saturated carbocycles. The van der Waals surface area contributed by atoms with Gasteiger partial charge in [0.1, 0.15) is 0 Å². The molecule has 1 nitrogen and oxygen atoms in total. The van der Waals surface area contributed by atoms with Crippen molar-refractivity contribution in [1.29, 1.82) is 0 Å². The van der Waals surface area contributed by atoms with Gasteiger partial charge in [-0.3, -0.25) is 0 Å². The van der Waals surface area contributed by atoms with Gasteiger partial charge in [0, 0.05) is 24.5 Å². The van der Waals surface area contributed by atoms with Crippen molar-refractivity contribution in [2.75, 3.05) is 0 Å². The number of para-hydroxylation sites is 2. The number of hydrogen-bond donors (Lipinski definition) is 0. The second-order valence-electron chi connectivity index (χ2n) is 6.15. The summed E-state index contributed by atoms with van der Waals surface area (Å²) in [6.45, 7) is 0. The maximum Gasteiger partial charge on any atom is 0.0552 e. The van der Waals surface area contributed by atoms with E-state index in [1.807, 2.05) is 24.3 Å². The Morgan fingerprint density at radius 2 is 1.19 bits per heavy atom. The lowest BCUT2D eigenvalue weighted by molar-refractivity contribution is 1.18. The van der Waals surface area contributed by atoms with Crippen molar-refractivity contribution < 1.29 is 0 Å². The molecule has 0 fully saturated rings. The zero-order valence-corrected chi connectivity index (χ0v) is 18.3. The normalized spacial score (nSPS) is 10.6. The Hall–Kier alpha value is -2.11. The summed E-state index contributed by atoms with van der Waals surface area (Å²) in [7, 11) is 0. The molecule has 0 aliphatic carbocycles. The molecular weight excluding hydrogens is 509 g/mol. The van der Waals surface area contributed by atoms with Gasteiger partial charge in [-0.1, -0.05) is 76.6 Å². The van der Waals surface area contributed by atoms with E-state index in [-0.39, 0.29) is 0 Å². The minimum absolute atomic E-state index is 1.10. The summed E-state index contributed by atoms with van der Waals surface area (Å²) in [4.78, 5) is 0. The molecule has 27 heavy (non-hydrogen) atoms. The Kier molecular flexibility index (Phi) is 5.60. The van der Waals surface area contributed by atoms with E-state index in [0.29, 0.717) is 0 Å². The average molecular weight is 526 g/mol. The topological polar surface area (TPSA) is 4.93 Å². The average Bonchev–Trinajstić information content (AvgIpc) is 3.03. The summed E-state index contributed by atoms with van der Waals surface area (Å²) >= 11 is 5.86. The minimum atomic E-state index is 1.10.